The molecule has 0 bridgehead atoms. The lowest BCUT2D eigenvalue weighted by atomic mass is 9.68. The monoisotopic (exact) mass is 256 g/mol. The van der Waals surface area contributed by atoms with Crippen molar-refractivity contribution in [2.75, 3.05) is 19.8 Å². The Bertz CT molecular complexity index is 285. The molecule has 4 atom stereocenters. The van der Waals surface area contributed by atoms with Gasteiger partial charge in [-0.1, -0.05) is 0 Å². The molecule has 18 heavy (non-hydrogen) atoms. The molecule has 1 heterocycles. The van der Waals surface area contributed by atoms with Crippen LogP contribution in [0.3, 0.4) is 0 Å². The Morgan fingerprint density at radius 2 is 2.39 bits per heavy atom. The van der Waals surface area contributed by atoms with E-state index in [-0.39, 0.29) is 24.1 Å². The van der Waals surface area contributed by atoms with Gasteiger partial charge < -0.3 is 20.5 Å². The van der Waals surface area contributed by atoms with Crippen molar-refractivity contribution in [1.82, 2.24) is 5.32 Å². The first-order chi connectivity index (χ1) is 8.74. The van der Waals surface area contributed by atoms with Gasteiger partial charge in [-0.25, -0.2) is 0 Å². The van der Waals surface area contributed by atoms with Crippen LogP contribution >= 0.6 is 0 Å². The summed E-state index contributed by atoms with van der Waals surface area (Å²) in [4.78, 5) is 11.8. The summed E-state index contributed by atoms with van der Waals surface area (Å²) in [6.45, 7) is 4.09. The Labute approximate surface area is 108 Å². The zero-order valence-corrected chi connectivity index (χ0v) is 11.1. The summed E-state index contributed by atoms with van der Waals surface area (Å²) in [5.41, 5.74) is 6.08. The lowest BCUT2D eigenvalue weighted by molar-refractivity contribution is -0.139. The van der Waals surface area contributed by atoms with Crippen LogP contribution in [0, 0.1) is 5.92 Å². The van der Waals surface area contributed by atoms with E-state index in [0.717, 1.165) is 25.9 Å². The smallest absolute Gasteiger partial charge is 0.220 e. The summed E-state index contributed by atoms with van der Waals surface area (Å²) >= 11 is 0. The van der Waals surface area contributed by atoms with E-state index in [2.05, 4.69) is 5.32 Å². The predicted octanol–water partition coefficient (Wildman–Crippen LogP) is 0.424. The number of carbonyl (C=O) groups excluding carboxylic acids is 1. The fourth-order valence-corrected chi connectivity index (χ4v) is 2.86. The maximum Gasteiger partial charge on any atom is 0.220 e. The Balaban J connectivity index is 1.68. The average Bonchev–Trinajstić information content (AvgIpc) is 2.40. The van der Waals surface area contributed by atoms with Gasteiger partial charge in [0.2, 0.25) is 5.91 Å². The molecule has 0 aromatic carbocycles. The number of carbonyl (C=O) groups is 1. The van der Waals surface area contributed by atoms with Gasteiger partial charge in [0.15, 0.2) is 0 Å². The van der Waals surface area contributed by atoms with Crippen molar-refractivity contribution in [3.8, 4) is 0 Å². The van der Waals surface area contributed by atoms with Crippen molar-refractivity contribution in [1.29, 1.82) is 0 Å². The van der Waals surface area contributed by atoms with E-state index >= 15 is 0 Å². The highest BCUT2D eigenvalue weighted by atomic mass is 16.5. The highest BCUT2D eigenvalue weighted by Crippen LogP contribution is 2.36. The lowest BCUT2D eigenvalue weighted by Gasteiger charge is -2.52. The molecule has 1 aliphatic carbocycles. The zero-order chi connectivity index (χ0) is 13.0. The summed E-state index contributed by atoms with van der Waals surface area (Å²) in [7, 11) is 0. The predicted molar refractivity (Wildman–Crippen MR) is 68.1 cm³/mol. The second-order valence-electron chi connectivity index (χ2n) is 5.11. The summed E-state index contributed by atoms with van der Waals surface area (Å²) < 4.78 is 10.9. The molecule has 2 rings (SSSR count). The molecule has 104 valence electrons. The second-order valence-corrected chi connectivity index (χ2v) is 5.11. The van der Waals surface area contributed by atoms with Crippen molar-refractivity contribution < 1.29 is 14.3 Å². The highest BCUT2D eigenvalue weighted by Gasteiger charge is 2.50. The van der Waals surface area contributed by atoms with E-state index in [1.54, 1.807) is 0 Å². The maximum atomic E-state index is 11.8. The largest absolute Gasteiger partial charge is 0.382 e. The lowest BCUT2D eigenvalue weighted by Crippen LogP contribution is -2.72. The van der Waals surface area contributed by atoms with Gasteiger partial charge in [-0.15, -0.1) is 0 Å². The van der Waals surface area contributed by atoms with Crippen LogP contribution in [0.1, 0.15) is 32.6 Å². The standard InChI is InChI=1S/C13H24N2O3/c1-2-17-7-4-6-10(16)15-12-11(14)9-5-3-8-18-13(9)12/h9,11-13H,2-8,14H2,1H3,(H,15,16). The van der Waals surface area contributed by atoms with Crippen molar-refractivity contribution in [3.05, 3.63) is 0 Å². The quantitative estimate of drug-likeness (QED) is 0.676. The number of nitrogens with one attached hydrogen (secondary N) is 1. The molecular weight excluding hydrogens is 232 g/mol. The van der Waals surface area contributed by atoms with Crippen LogP contribution in [0.15, 0.2) is 0 Å². The molecule has 5 nitrogen and oxygen atoms in total. The fraction of sp³-hybridized carbons (Fsp3) is 0.923. The van der Waals surface area contributed by atoms with E-state index < -0.39 is 0 Å². The third-order valence-electron chi connectivity index (χ3n) is 3.90. The molecule has 5 heteroatoms. The molecule has 1 aliphatic heterocycles. The molecule has 0 radical (unpaired) electrons. The Kier molecular flexibility index (Phi) is 4.97. The summed E-state index contributed by atoms with van der Waals surface area (Å²) in [5.74, 6) is 0.496. The minimum Gasteiger partial charge on any atom is -0.382 e. The van der Waals surface area contributed by atoms with Crippen molar-refractivity contribution in [3.63, 3.8) is 0 Å². The van der Waals surface area contributed by atoms with Crippen LogP contribution in [0.4, 0.5) is 0 Å². The Hall–Kier alpha value is -0.650. The number of amides is 1. The first-order valence-electron chi connectivity index (χ1n) is 6.98. The van der Waals surface area contributed by atoms with Gasteiger partial charge >= 0.3 is 0 Å². The maximum absolute atomic E-state index is 11.8. The Morgan fingerprint density at radius 3 is 3.17 bits per heavy atom. The highest BCUT2D eigenvalue weighted by molar-refractivity contribution is 5.76. The topological polar surface area (TPSA) is 73.6 Å². The molecule has 4 unspecified atom stereocenters. The van der Waals surface area contributed by atoms with Crippen LogP contribution in [0.2, 0.25) is 0 Å². The van der Waals surface area contributed by atoms with E-state index in [1.807, 2.05) is 6.92 Å². The fourth-order valence-electron chi connectivity index (χ4n) is 2.86. The third kappa shape index (κ3) is 3.02. The number of rotatable bonds is 6. The van der Waals surface area contributed by atoms with E-state index in [4.69, 9.17) is 15.2 Å². The molecule has 3 N–H and O–H groups in total. The molecule has 2 fully saturated rings. The second kappa shape index (κ2) is 6.50. The normalized spacial score (nSPS) is 34.6. The van der Waals surface area contributed by atoms with Gasteiger partial charge in [-0.2, -0.15) is 0 Å². The first kappa shape index (κ1) is 13.8. The summed E-state index contributed by atoms with van der Waals surface area (Å²) in [6.07, 6.45) is 3.62. The number of ether oxygens (including phenoxy) is 2. The Morgan fingerprint density at radius 1 is 1.56 bits per heavy atom. The molecule has 1 saturated heterocycles. The van der Waals surface area contributed by atoms with Crippen LogP contribution in [0.5, 0.6) is 0 Å². The van der Waals surface area contributed by atoms with Crippen LogP contribution in [-0.4, -0.2) is 43.9 Å². The van der Waals surface area contributed by atoms with Crippen LogP contribution < -0.4 is 11.1 Å². The van der Waals surface area contributed by atoms with Gasteiger partial charge in [-0.05, 0) is 26.2 Å². The van der Waals surface area contributed by atoms with Crippen molar-refractivity contribution in [2.45, 2.75) is 50.8 Å². The number of nitrogens with two attached hydrogens (primary N) is 1. The molecule has 1 saturated carbocycles. The van der Waals surface area contributed by atoms with Crippen molar-refractivity contribution >= 4 is 5.91 Å². The zero-order valence-electron chi connectivity index (χ0n) is 11.1. The van der Waals surface area contributed by atoms with Gasteiger partial charge in [0.05, 0.1) is 12.1 Å². The average molecular weight is 256 g/mol. The van der Waals surface area contributed by atoms with Crippen LogP contribution in [0.25, 0.3) is 0 Å². The number of fused-ring (bicyclic) bond motifs is 1. The van der Waals surface area contributed by atoms with E-state index in [9.17, 15) is 4.79 Å². The SMILES string of the molecule is CCOCCCC(=O)NC1C(N)C2CCCOC21. The third-order valence-corrected chi connectivity index (χ3v) is 3.90. The first-order valence-corrected chi connectivity index (χ1v) is 6.98. The van der Waals surface area contributed by atoms with Gasteiger partial charge in [0.1, 0.15) is 0 Å². The minimum atomic E-state index is 0.00916. The molecule has 0 aromatic heterocycles. The van der Waals surface area contributed by atoms with Gasteiger partial charge in [0.25, 0.3) is 0 Å². The van der Waals surface area contributed by atoms with Crippen molar-refractivity contribution in [2.24, 2.45) is 11.7 Å². The molecule has 0 spiro atoms. The van der Waals surface area contributed by atoms with Crippen LogP contribution in [-0.2, 0) is 14.3 Å². The molecular formula is C13H24N2O3. The van der Waals surface area contributed by atoms with E-state index in [0.29, 0.717) is 25.6 Å². The van der Waals surface area contributed by atoms with E-state index in [1.165, 1.54) is 0 Å². The minimum absolute atomic E-state index is 0.00916. The van der Waals surface area contributed by atoms with Gasteiger partial charge in [0, 0.05) is 38.2 Å². The molecule has 2 aliphatic rings. The molecule has 1 amide bonds. The number of hydrogen-bond acceptors (Lipinski definition) is 4. The summed E-state index contributed by atoms with van der Waals surface area (Å²) in [6, 6.07) is 0.0704. The van der Waals surface area contributed by atoms with Gasteiger partial charge in [-0.3, -0.25) is 4.79 Å². The number of hydrogen-bond donors (Lipinski definition) is 2. The summed E-state index contributed by atoms with van der Waals surface area (Å²) in [5, 5.41) is 3.00. The molecule has 0 aromatic rings.